The summed E-state index contributed by atoms with van der Waals surface area (Å²) in [6.45, 7) is 4.62. The molecule has 20 heavy (non-hydrogen) atoms. The van der Waals surface area contributed by atoms with Crippen molar-refractivity contribution in [3.63, 3.8) is 0 Å². The minimum absolute atomic E-state index is 0.688. The first-order valence-corrected chi connectivity index (χ1v) is 9.07. The second-order valence-electron chi connectivity index (χ2n) is 6.23. The highest BCUT2D eigenvalue weighted by Crippen LogP contribution is 2.52. The monoisotopic (exact) mass is 288 g/mol. The highest BCUT2D eigenvalue weighted by atomic mass is 32.2. The first kappa shape index (κ1) is 14.1. The topological polar surface area (TPSA) is 17.1 Å². The maximum Gasteiger partial charge on any atom is 0.0805 e. The van der Waals surface area contributed by atoms with E-state index >= 15 is 0 Å². The van der Waals surface area contributed by atoms with E-state index in [-0.39, 0.29) is 0 Å². The molecule has 3 rings (SSSR count). The Morgan fingerprint density at radius 1 is 1.10 bits per heavy atom. The summed E-state index contributed by atoms with van der Waals surface area (Å²) in [7, 11) is -0.941. The molecule has 2 heteroatoms. The van der Waals surface area contributed by atoms with Crippen molar-refractivity contribution in [1.82, 2.24) is 0 Å². The summed E-state index contributed by atoms with van der Waals surface area (Å²) >= 11 is 0. The van der Waals surface area contributed by atoms with Crippen molar-refractivity contribution in [2.24, 2.45) is 23.7 Å². The van der Waals surface area contributed by atoms with E-state index in [9.17, 15) is 4.21 Å². The van der Waals surface area contributed by atoms with E-state index in [1.165, 1.54) is 24.2 Å². The van der Waals surface area contributed by atoms with Gasteiger partial charge in [0, 0.05) is 9.80 Å². The largest absolute Gasteiger partial charge is 0.249 e. The zero-order valence-electron chi connectivity index (χ0n) is 12.4. The zero-order valence-corrected chi connectivity index (χ0v) is 13.2. The van der Waals surface area contributed by atoms with Crippen LogP contribution in [0.15, 0.2) is 46.2 Å². The van der Waals surface area contributed by atoms with Crippen molar-refractivity contribution in [3.8, 4) is 0 Å². The maximum absolute atomic E-state index is 12.7. The van der Waals surface area contributed by atoms with Crippen LogP contribution >= 0.6 is 0 Å². The second-order valence-corrected chi connectivity index (χ2v) is 7.77. The minimum atomic E-state index is -0.941. The van der Waals surface area contributed by atoms with Gasteiger partial charge in [-0.1, -0.05) is 51.0 Å². The average Bonchev–Trinajstić information content (AvgIpc) is 3.06. The van der Waals surface area contributed by atoms with Crippen LogP contribution in [0.1, 0.15) is 39.5 Å². The van der Waals surface area contributed by atoms with Crippen molar-refractivity contribution in [2.75, 3.05) is 0 Å². The van der Waals surface area contributed by atoms with Gasteiger partial charge in [-0.3, -0.25) is 0 Å². The third kappa shape index (κ3) is 2.39. The van der Waals surface area contributed by atoms with Gasteiger partial charge >= 0.3 is 0 Å². The Morgan fingerprint density at radius 3 is 2.45 bits per heavy atom. The molecule has 0 N–H and O–H groups in total. The summed E-state index contributed by atoms with van der Waals surface area (Å²) in [5, 5.41) is 0. The van der Waals surface area contributed by atoms with Gasteiger partial charge < -0.3 is 0 Å². The average molecular weight is 288 g/mol. The molecule has 0 spiro atoms. The molecule has 5 atom stereocenters. The zero-order chi connectivity index (χ0) is 14.1. The molecule has 0 saturated heterocycles. The van der Waals surface area contributed by atoms with Gasteiger partial charge in [-0.05, 0) is 48.6 Å². The second kappa shape index (κ2) is 5.85. The molecular weight excluding hydrogens is 264 g/mol. The Labute approximate surface area is 124 Å². The van der Waals surface area contributed by atoms with E-state index in [0.29, 0.717) is 5.92 Å². The number of hydrogen-bond donors (Lipinski definition) is 0. The van der Waals surface area contributed by atoms with Gasteiger partial charge in [0.2, 0.25) is 0 Å². The molecule has 0 amide bonds. The van der Waals surface area contributed by atoms with Crippen LogP contribution in [0.4, 0.5) is 0 Å². The first-order chi connectivity index (χ1) is 9.74. The Morgan fingerprint density at radius 2 is 1.80 bits per heavy atom. The van der Waals surface area contributed by atoms with E-state index < -0.39 is 10.8 Å². The fraction of sp³-hybridized carbons (Fsp3) is 0.556. The summed E-state index contributed by atoms with van der Waals surface area (Å²) < 4.78 is 12.7. The van der Waals surface area contributed by atoms with Gasteiger partial charge in [-0.15, -0.1) is 0 Å². The van der Waals surface area contributed by atoms with Crippen LogP contribution < -0.4 is 0 Å². The molecule has 0 heterocycles. The molecule has 1 saturated carbocycles. The molecular formula is C18H24OS. The molecule has 0 aromatic heterocycles. The maximum atomic E-state index is 12.7. The van der Waals surface area contributed by atoms with Crippen LogP contribution in [0.5, 0.6) is 0 Å². The SMILES string of the molecule is CCC1CC(CC)C2CC(S(=O)c3ccccc3)=CC12. The lowest BCUT2D eigenvalue weighted by molar-refractivity contribution is 0.348. The fourth-order valence-corrected chi connectivity index (χ4v) is 5.53. The van der Waals surface area contributed by atoms with E-state index in [2.05, 4.69) is 19.9 Å². The molecule has 1 nitrogen and oxygen atoms in total. The third-order valence-electron chi connectivity index (χ3n) is 5.31. The molecule has 2 aliphatic rings. The predicted octanol–water partition coefficient (Wildman–Crippen LogP) is 4.77. The quantitative estimate of drug-likeness (QED) is 0.780. The molecule has 5 unspecified atom stereocenters. The molecule has 2 aliphatic carbocycles. The third-order valence-corrected chi connectivity index (χ3v) is 6.79. The van der Waals surface area contributed by atoms with Gasteiger partial charge in [0.1, 0.15) is 0 Å². The van der Waals surface area contributed by atoms with Crippen LogP contribution in [-0.2, 0) is 10.8 Å². The van der Waals surface area contributed by atoms with E-state index in [4.69, 9.17) is 0 Å². The van der Waals surface area contributed by atoms with Crippen LogP contribution in [0.25, 0.3) is 0 Å². The predicted molar refractivity (Wildman–Crippen MR) is 84.7 cm³/mol. The van der Waals surface area contributed by atoms with Gasteiger partial charge in [0.05, 0.1) is 10.8 Å². The van der Waals surface area contributed by atoms with Crippen molar-refractivity contribution in [3.05, 3.63) is 41.3 Å². The van der Waals surface area contributed by atoms with Crippen LogP contribution in [-0.4, -0.2) is 4.21 Å². The highest BCUT2D eigenvalue weighted by Gasteiger charge is 2.44. The number of hydrogen-bond acceptors (Lipinski definition) is 1. The lowest BCUT2D eigenvalue weighted by Crippen LogP contribution is -2.10. The number of allylic oxidation sites excluding steroid dienone is 2. The van der Waals surface area contributed by atoms with Crippen LogP contribution in [0.3, 0.4) is 0 Å². The summed E-state index contributed by atoms with van der Waals surface area (Å²) in [6.07, 6.45) is 7.35. The Kier molecular flexibility index (Phi) is 4.11. The van der Waals surface area contributed by atoms with Gasteiger partial charge in [-0.25, -0.2) is 4.21 Å². The fourth-order valence-electron chi connectivity index (χ4n) is 4.20. The molecule has 108 valence electrons. The molecule has 1 aromatic rings. The van der Waals surface area contributed by atoms with Crippen molar-refractivity contribution < 1.29 is 4.21 Å². The van der Waals surface area contributed by atoms with E-state index in [1.54, 1.807) is 0 Å². The minimum Gasteiger partial charge on any atom is -0.249 e. The standard InChI is InChI=1S/C18H24OS/c1-3-13-10-14(4-2)18-12-16(11-17(13)18)20(19)15-8-6-5-7-9-15/h5-9,11,13-14,17-18H,3-4,10,12H2,1-2H3. The molecule has 0 bridgehead atoms. The smallest absolute Gasteiger partial charge is 0.0805 e. The summed E-state index contributed by atoms with van der Waals surface area (Å²) in [6, 6.07) is 9.92. The Bertz CT molecular complexity index is 519. The van der Waals surface area contributed by atoms with Gasteiger partial charge in [0.25, 0.3) is 0 Å². The lowest BCUT2D eigenvalue weighted by atomic mass is 9.88. The molecule has 1 fully saturated rings. The molecule has 0 radical (unpaired) electrons. The molecule has 0 aliphatic heterocycles. The Balaban J connectivity index is 1.82. The van der Waals surface area contributed by atoms with Gasteiger partial charge in [-0.2, -0.15) is 0 Å². The number of rotatable bonds is 4. The van der Waals surface area contributed by atoms with Crippen LogP contribution in [0.2, 0.25) is 0 Å². The first-order valence-electron chi connectivity index (χ1n) is 7.92. The van der Waals surface area contributed by atoms with E-state index in [0.717, 1.165) is 29.1 Å². The Hall–Kier alpha value is -0.890. The molecule has 1 aromatic carbocycles. The number of benzene rings is 1. The lowest BCUT2D eigenvalue weighted by Gasteiger charge is -2.17. The summed E-state index contributed by atoms with van der Waals surface area (Å²) in [4.78, 5) is 2.14. The van der Waals surface area contributed by atoms with Gasteiger partial charge in [0.15, 0.2) is 0 Å². The highest BCUT2D eigenvalue weighted by molar-refractivity contribution is 7.89. The van der Waals surface area contributed by atoms with E-state index in [1.807, 2.05) is 30.3 Å². The van der Waals surface area contributed by atoms with Crippen molar-refractivity contribution >= 4 is 10.8 Å². The number of fused-ring (bicyclic) bond motifs is 1. The normalized spacial score (nSPS) is 33.8. The van der Waals surface area contributed by atoms with Crippen molar-refractivity contribution in [2.45, 2.75) is 44.4 Å². The summed E-state index contributed by atoms with van der Waals surface area (Å²) in [5.41, 5.74) is 0. The summed E-state index contributed by atoms with van der Waals surface area (Å²) in [5.74, 6) is 3.10. The van der Waals surface area contributed by atoms with Crippen molar-refractivity contribution in [1.29, 1.82) is 0 Å². The van der Waals surface area contributed by atoms with Crippen LogP contribution in [0, 0.1) is 23.7 Å².